The molecule has 36 heavy (non-hydrogen) atoms. The van der Waals surface area contributed by atoms with Gasteiger partial charge >= 0.3 is 5.97 Å². The van der Waals surface area contributed by atoms with Crippen LogP contribution >= 0.6 is 11.8 Å². The third-order valence-corrected chi connectivity index (χ3v) is 7.36. The molecule has 0 radical (unpaired) electrons. The van der Waals surface area contributed by atoms with Gasteiger partial charge in [-0.25, -0.2) is 9.79 Å². The number of amides is 1. The smallest absolute Gasteiger partial charge is 0.338 e. The zero-order valence-electron chi connectivity index (χ0n) is 21.7. The van der Waals surface area contributed by atoms with Gasteiger partial charge in [-0.2, -0.15) is 0 Å². The van der Waals surface area contributed by atoms with Crippen LogP contribution in [0.1, 0.15) is 38.8 Å². The van der Waals surface area contributed by atoms with Crippen LogP contribution in [-0.2, 0) is 14.3 Å². The number of benzene rings is 1. The molecule has 1 atom stereocenters. The number of carbonyl (C=O) groups excluding carboxylic acids is 2. The summed E-state index contributed by atoms with van der Waals surface area (Å²) >= 11 is 1.46. The van der Waals surface area contributed by atoms with Crippen LogP contribution in [0.15, 0.2) is 45.6 Å². The fourth-order valence-electron chi connectivity index (χ4n) is 4.57. The highest BCUT2D eigenvalue weighted by Crippen LogP contribution is 2.46. The Morgan fingerprint density at radius 1 is 1.11 bits per heavy atom. The summed E-state index contributed by atoms with van der Waals surface area (Å²) in [5.41, 5.74) is 2.67. The maximum atomic E-state index is 13.3. The number of rotatable bonds is 7. The Kier molecular flexibility index (Phi) is 7.94. The minimum absolute atomic E-state index is 0.0693. The van der Waals surface area contributed by atoms with Gasteiger partial charge in [0.2, 0.25) is 5.91 Å². The van der Waals surface area contributed by atoms with Gasteiger partial charge in [-0.1, -0.05) is 17.8 Å². The van der Waals surface area contributed by atoms with Crippen molar-refractivity contribution in [3.8, 4) is 11.5 Å². The largest absolute Gasteiger partial charge is 0.493 e. The predicted molar refractivity (Wildman–Crippen MR) is 140 cm³/mol. The van der Waals surface area contributed by atoms with Gasteiger partial charge in [-0.15, -0.1) is 0 Å². The minimum Gasteiger partial charge on any atom is -0.493 e. The second-order valence-corrected chi connectivity index (χ2v) is 10.2. The Balaban J connectivity index is 1.71. The molecule has 1 fully saturated rings. The normalized spacial score (nSPS) is 20.2. The topological polar surface area (TPSA) is 83.9 Å². The standard InChI is InChI=1S/C26H34N4O5S/c1-16(2)35-25(32)23-17(3)27-26-30(24(23)18-7-8-20(33-5)21(13-18)34-6)19(15-36-26)14-22(31)29-11-9-28(4)10-12-29/h7-8,13,15-16,24H,9-12,14H2,1-6H3. The van der Waals surface area contributed by atoms with E-state index in [1.807, 2.05) is 54.2 Å². The van der Waals surface area contributed by atoms with Gasteiger partial charge in [0.15, 0.2) is 16.7 Å². The number of thioether (sulfide) groups is 1. The molecule has 194 valence electrons. The monoisotopic (exact) mass is 514 g/mol. The number of fused-ring (bicyclic) bond motifs is 1. The van der Waals surface area contributed by atoms with Crippen LogP contribution in [0.25, 0.3) is 0 Å². The van der Waals surface area contributed by atoms with E-state index in [-0.39, 0.29) is 18.4 Å². The van der Waals surface area contributed by atoms with E-state index >= 15 is 0 Å². The fraction of sp³-hybridized carbons (Fsp3) is 0.500. The average Bonchev–Trinajstić information content (AvgIpc) is 3.24. The zero-order chi connectivity index (χ0) is 26.0. The number of hydrogen-bond acceptors (Lipinski definition) is 9. The second kappa shape index (κ2) is 11.0. The number of nitrogens with zero attached hydrogens (tertiary/aromatic N) is 4. The number of carbonyl (C=O) groups is 2. The summed E-state index contributed by atoms with van der Waals surface area (Å²) in [6, 6.07) is 5.08. The molecule has 1 amide bonds. The van der Waals surface area contributed by atoms with E-state index in [0.29, 0.717) is 35.9 Å². The predicted octanol–water partition coefficient (Wildman–Crippen LogP) is 3.39. The molecule has 0 spiro atoms. The highest BCUT2D eigenvalue weighted by atomic mass is 32.2. The van der Waals surface area contributed by atoms with Gasteiger partial charge in [0, 0.05) is 31.9 Å². The molecule has 1 unspecified atom stereocenters. The fourth-order valence-corrected chi connectivity index (χ4v) is 5.53. The number of allylic oxidation sites excluding steroid dienone is 1. The summed E-state index contributed by atoms with van der Waals surface area (Å²) < 4.78 is 16.6. The minimum atomic E-state index is -0.523. The lowest BCUT2D eigenvalue weighted by Crippen LogP contribution is -2.47. The summed E-state index contributed by atoms with van der Waals surface area (Å²) in [5.74, 6) is 0.792. The number of ether oxygens (including phenoxy) is 3. The molecule has 1 saturated heterocycles. The highest BCUT2D eigenvalue weighted by Gasteiger charge is 2.42. The Morgan fingerprint density at radius 2 is 1.81 bits per heavy atom. The molecule has 10 heteroatoms. The second-order valence-electron chi connectivity index (χ2n) is 9.32. The van der Waals surface area contributed by atoms with Crippen molar-refractivity contribution in [3.63, 3.8) is 0 Å². The first-order valence-electron chi connectivity index (χ1n) is 12.1. The van der Waals surface area contributed by atoms with Gasteiger partial charge in [-0.05, 0) is 50.9 Å². The van der Waals surface area contributed by atoms with E-state index in [9.17, 15) is 9.59 Å². The van der Waals surface area contributed by atoms with Crippen LogP contribution in [0, 0.1) is 0 Å². The number of aliphatic imine (C=N–C) groups is 1. The Labute approximate surface area is 216 Å². The van der Waals surface area contributed by atoms with E-state index in [2.05, 4.69) is 11.9 Å². The molecular formula is C26H34N4O5S. The van der Waals surface area contributed by atoms with Crippen molar-refractivity contribution in [2.24, 2.45) is 4.99 Å². The molecule has 3 aliphatic heterocycles. The van der Waals surface area contributed by atoms with Gasteiger partial charge < -0.3 is 28.9 Å². The molecule has 1 aromatic rings. The Bertz CT molecular complexity index is 1120. The van der Waals surface area contributed by atoms with Crippen LogP contribution in [0.2, 0.25) is 0 Å². The van der Waals surface area contributed by atoms with Crippen molar-refractivity contribution in [2.45, 2.75) is 39.3 Å². The quantitative estimate of drug-likeness (QED) is 0.512. The summed E-state index contributed by atoms with van der Waals surface area (Å²) in [6.45, 7) is 8.60. The average molecular weight is 515 g/mol. The van der Waals surface area contributed by atoms with Crippen LogP contribution in [0.3, 0.4) is 0 Å². The van der Waals surface area contributed by atoms with Crippen molar-refractivity contribution in [1.82, 2.24) is 14.7 Å². The molecule has 0 bridgehead atoms. The zero-order valence-corrected chi connectivity index (χ0v) is 22.6. The van der Waals surface area contributed by atoms with E-state index < -0.39 is 12.0 Å². The maximum absolute atomic E-state index is 13.3. The van der Waals surface area contributed by atoms with Gasteiger partial charge in [0.1, 0.15) is 0 Å². The molecular weight excluding hydrogens is 480 g/mol. The molecule has 0 aliphatic carbocycles. The third kappa shape index (κ3) is 5.24. The van der Waals surface area contributed by atoms with Crippen LogP contribution in [0.5, 0.6) is 11.5 Å². The molecule has 0 aromatic heterocycles. The molecule has 0 N–H and O–H groups in total. The number of methoxy groups -OCH3 is 2. The lowest BCUT2D eigenvalue weighted by molar-refractivity contribution is -0.143. The summed E-state index contributed by atoms with van der Waals surface area (Å²) in [5, 5.41) is 2.69. The molecule has 3 aliphatic rings. The SMILES string of the molecule is COc1ccc(C2C(C(=O)OC(C)C)=C(C)N=C3SC=C(CC(=O)N4CCN(C)CC4)N32)cc1OC. The molecule has 9 nitrogen and oxygen atoms in total. The van der Waals surface area contributed by atoms with Crippen LogP contribution in [-0.4, -0.2) is 85.3 Å². The summed E-state index contributed by atoms with van der Waals surface area (Å²) in [7, 11) is 5.23. The maximum Gasteiger partial charge on any atom is 0.338 e. The van der Waals surface area contributed by atoms with Crippen LogP contribution < -0.4 is 9.47 Å². The molecule has 4 rings (SSSR count). The van der Waals surface area contributed by atoms with E-state index in [4.69, 9.17) is 19.2 Å². The lowest BCUT2D eigenvalue weighted by atomic mass is 9.93. The third-order valence-electron chi connectivity index (χ3n) is 6.47. The van der Waals surface area contributed by atoms with Gasteiger partial charge in [0.05, 0.1) is 44.1 Å². The Hall–Kier alpha value is -2.98. The number of piperazine rings is 1. The summed E-state index contributed by atoms with van der Waals surface area (Å²) in [6.07, 6.45) is -0.0542. The van der Waals surface area contributed by atoms with Crippen molar-refractivity contribution < 1.29 is 23.8 Å². The van der Waals surface area contributed by atoms with Crippen molar-refractivity contribution in [1.29, 1.82) is 0 Å². The van der Waals surface area contributed by atoms with Crippen molar-refractivity contribution >= 4 is 28.8 Å². The lowest BCUT2D eigenvalue weighted by Gasteiger charge is -2.37. The molecule has 0 saturated carbocycles. The van der Waals surface area contributed by atoms with Crippen molar-refractivity contribution in [2.75, 3.05) is 47.4 Å². The molecule has 3 heterocycles. The first-order valence-corrected chi connectivity index (χ1v) is 12.9. The van der Waals surface area contributed by atoms with Gasteiger partial charge in [0.25, 0.3) is 0 Å². The van der Waals surface area contributed by atoms with E-state index in [1.54, 1.807) is 14.2 Å². The van der Waals surface area contributed by atoms with E-state index in [1.165, 1.54) is 11.8 Å². The number of likely N-dealkylation sites (N-methyl/N-ethyl adjacent to an activating group) is 1. The first kappa shape index (κ1) is 26.1. The van der Waals surface area contributed by atoms with E-state index in [0.717, 1.165) is 29.5 Å². The number of amidine groups is 1. The summed E-state index contributed by atoms with van der Waals surface area (Å²) in [4.78, 5) is 37.4. The first-order chi connectivity index (χ1) is 17.2. The number of esters is 1. The van der Waals surface area contributed by atoms with Gasteiger partial charge in [-0.3, -0.25) is 4.79 Å². The Morgan fingerprint density at radius 3 is 2.44 bits per heavy atom. The van der Waals surface area contributed by atoms with Crippen molar-refractivity contribution in [3.05, 3.63) is 46.1 Å². The highest BCUT2D eigenvalue weighted by molar-refractivity contribution is 8.16. The number of hydrogen-bond donors (Lipinski definition) is 0. The van der Waals surface area contributed by atoms with Crippen LogP contribution in [0.4, 0.5) is 0 Å². The molecule has 1 aromatic carbocycles.